The molecule has 0 atom stereocenters. The molecule has 0 heterocycles. The molecule has 0 radical (unpaired) electrons. The maximum absolute atomic E-state index is 3.78. The van der Waals surface area contributed by atoms with Gasteiger partial charge in [0.2, 0.25) is 0 Å². The Morgan fingerprint density at radius 1 is 1.44 bits per heavy atom. The first-order valence-corrected chi connectivity index (χ1v) is 2.84. The molecule has 0 amide bonds. The summed E-state index contributed by atoms with van der Waals surface area (Å²) in [4.78, 5) is 1.94. The van der Waals surface area contributed by atoms with Crippen molar-refractivity contribution in [3.05, 3.63) is 37.1 Å². The van der Waals surface area contributed by atoms with Gasteiger partial charge in [-0.05, 0) is 6.08 Å². The summed E-state index contributed by atoms with van der Waals surface area (Å²) in [5.74, 6) is 0. The molecule has 0 rings (SSSR count). The molecule has 9 heavy (non-hydrogen) atoms. The molecule has 0 bridgehead atoms. The Hall–Kier alpha value is -0.980. The minimum Gasteiger partial charge on any atom is -0.378 e. The lowest BCUT2D eigenvalue weighted by molar-refractivity contribution is 0.532. The topological polar surface area (TPSA) is 3.24 Å². The highest BCUT2D eigenvalue weighted by atomic mass is 15.1. The number of allylic oxidation sites excluding steroid dienone is 3. The summed E-state index contributed by atoms with van der Waals surface area (Å²) in [7, 11) is 3.91. The van der Waals surface area contributed by atoms with Gasteiger partial charge in [0.1, 0.15) is 0 Å². The van der Waals surface area contributed by atoms with E-state index in [9.17, 15) is 0 Å². The third-order valence-electron chi connectivity index (χ3n) is 0.999. The van der Waals surface area contributed by atoms with E-state index in [2.05, 4.69) is 13.2 Å². The van der Waals surface area contributed by atoms with Crippen LogP contribution in [-0.2, 0) is 0 Å². The molecule has 0 aliphatic rings. The Bertz CT molecular complexity index is 132. The molecule has 0 aliphatic carbocycles. The van der Waals surface area contributed by atoms with Gasteiger partial charge in [0, 0.05) is 19.8 Å². The van der Waals surface area contributed by atoms with E-state index in [4.69, 9.17) is 0 Å². The van der Waals surface area contributed by atoms with Crippen molar-refractivity contribution in [1.29, 1.82) is 0 Å². The third kappa shape index (κ3) is 3.59. The fourth-order valence-electron chi connectivity index (χ4n) is 0.328. The smallest absolute Gasteiger partial charge is 0.0287 e. The van der Waals surface area contributed by atoms with Crippen LogP contribution in [0.2, 0.25) is 0 Å². The summed E-state index contributed by atoms with van der Waals surface area (Å²) < 4.78 is 0. The molecule has 1 heteroatoms. The molecule has 0 aromatic carbocycles. The lowest BCUT2D eigenvalue weighted by Gasteiger charge is -2.10. The van der Waals surface area contributed by atoms with Crippen molar-refractivity contribution >= 4 is 0 Å². The van der Waals surface area contributed by atoms with Gasteiger partial charge < -0.3 is 4.90 Å². The van der Waals surface area contributed by atoms with E-state index in [0.29, 0.717) is 0 Å². The van der Waals surface area contributed by atoms with Crippen molar-refractivity contribution in [3.8, 4) is 0 Å². The zero-order valence-corrected chi connectivity index (χ0v) is 6.09. The van der Waals surface area contributed by atoms with Crippen LogP contribution in [0, 0.1) is 0 Å². The lowest BCUT2D eigenvalue weighted by Crippen LogP contribution is -2.07. The number of hydrogen-bond acceptors (Lipinski definition) is 1. The quantitative estimate of drug-likeness (QED) is 0.517. The van der Waals surface area contributed by atoms with Crippen LogP contribution in [0.5, 0.6) is 0 Å². The van der Waals surface area contributed by atoms with Crippen LogP contribution in [0.1, 0.15) is 0 Å². The number of rotatable bonds is 3. The number of hydrogen-bond donors (Lipinski definition) is 0. The van der Waals surface area contributed by atoms with E-state index in [0.717, 1.165) is 5.70 Å². The second-order valence-corrected chi connectivity index (χ2v) is 1.98. The molecule has 1 nitrogen and oxygen atoms in total. The van der Waals surface area contributed by atoms with Crippen molar-refractivity contribution in [3.63, 3.8) is 0 Å². The zero-order valence-electron chi connectivity index (χ0n) is 6.09. The Morgan fingerprint density at radius 2 is 2.00 bits per heavy atom. The van der Waals surface area contributed by atoms with Gasteiger partial charge >= 0.3 is 0 Å². The Labute approximate surface area is 57.0 Å². The van der Waals surface area contributed by atoms with Gasteiger partial charge in [-0.25, -0.2) is 0 Å². The molecule has 0 N–H and O–H groups in total. The second-order valence-electron chi connectivity index (χ2n) is 1.98. The zero-order chi connectivity index (χ0) is 7.28. The molecule has 0 aromatic rings. The molecule has 0 spiro atoms. The van der Waals surface area contributed by atoms with Crippen molar-refractivity contribution in [1.82, 2.24) is 4.90 Å². The van der Waals surface area contributed by atoms with E-state index < -0.39 is 0 Å². The summed E-state index contributed by atoms with van der Waals surface area (Å²) in [6.07, 6.45) is 5.50. The predicted molar refractivity (Wildman–Crippen MR) is 42.2 cm³/mol. The van der Waals surface area contributed by atoms with Crippen LogP contribution in [0.15, 0.2) is 37.1 Å². The summed E-state index contributed by atoms with van der Waals surface area (Å²) >= 11 is 0. The van der Waals surface area contributed by atoms with Crippen LogP contribution in [0.3, 0.4) is 0 Å². The number of likely N-dealkylation sites (N-methyl/N-ethyl adjacent to an activating group) is 1. The van der Waals surface area contributed by atoms with Gasteiger partial charge in [0.15, 0.2) is 0 Å². The monoisotopic (exact) mass is 123 g/mol. The van der Waals surface area contributed by atoms with Gasteiger partial charge in [-0.15, -0.1) is 0 Å². The first-order chi connectivity index (χ1) is 4.18. The van der Waals surface area contributed by atoms with Crippen LogP contribution >= 0.6 is 0 Å². The fraction of sp³-hybridized carbons (Fsp3) is 0.250. The minimum absolute atomic E-state index is 0.981. The number of nitrogens with zero attached hydrogens (tertiary/aromatic N) is 1. The molecule has 0 saturated carbocycles. The predicted octanol–water partition coefficient (Wildman–Crippen LogP) is 1.80. The molecule has 50 valence electrons. The van der Waals surface area contributed by atoms with Crippen LogP contribution < -0.4 is 0 Å². The van der Waals surface area contributed by atoms with Gasteiger partial charge in [0.25, 0.3) is 0 Å². The largest absolute Gasteiger partial charge is 0.378 e. The first kappa shape index (κ1) is 8.02. The van der Waals surface area contributed by atoms with Crippen LogP contribution in [0.25, 0.3) is 0 Å². The Balaban J connectivity index is 3.76. The van der Waals surface area contributed by atoms with Crippen molar-refractivity contribution in [2.24, 2.45) is 0 Å². The maximum Gasteiger partial charge on any atom is 0.0287 e. The fourth-order valence-corrected chi connectivity index (χ4v) is 0.328. The molecule has 0 aliphatic heterocycles. The summed E-state index contributed by atoms with van der Waals surface area (Å²) in [5.41, 5.74) is 0.981. The van der Waals surface area contributed by atoms with Gasteiger partial charge in [-0.2, -0.15) is 0 Å². The van der Waals surface area contributed by atoms with Crippen molar-refractivity contribution in [2.75, 3.05) is 14.1 Å². The lowest BCUT2D eigenvalue weighted by atomic mass is 10.4. The molecular formula is C8H13N. The standard InChI is InChI=1S/C8H13N/c1-5-6-7-8(2)9(3)4/h5-7H,1-2H2,3-4H3. The molecule has 0 fully saturated rings. The third-order valence-corrected chi connectivity index (χ3v) is 0.999. The van der Waals surface area contributed by atoms with Gasteiger partial charge in [-0.3, -0.25) is 0 Å². The van der Waals surface area contributed by atoms with E-state index >= 15 is 0 Å². The SMILES string of the molecule is C=CC=CC(=C)N(C)C. The highest BCUT2D eigenvalue weighted by Gasteiger charge is 1.85. The normalized spacial score (nSPS) is 9.56. The Kier molecular flexibility index (Phi) is 3.52. The van der Waals surface area contributed by atoms with E-state index in [1.54, 1.807) is 6.08 Å². The summed E-state index contributed by atoms with van der Waals surface area (Å²) in [5, 5.41) is 0. The highest BCUT2D eigenvalue weighted by Crippen LogP contribution is 1.94. The van der Waals surface area contributed by atoms with Gasteiger partial charge in [0.05, 0.1) is 0 Å². The van der Waals surface area contributed by atoms with E-state index in [-0.39, 0.29) is 0 Å². The Morgan fingerprint density at radius 3 is 2.33 bits per heavy atom. The van der Waals surface area contributed by atoms with Crippen molar-refractivity contribution in [2.45, 2.75) is 0 Å². The molecule has 0 unspecified atom stereocenters. The van der Waals surface area contributed by atoms with Crippen LogP contribution in [-0.4, -0.2) is 19.0 Å². The average molecular weight is 123 g/mol. The highest BCUT2D eigenvalue weighted by molar-refractivity contribution is 5.16. The average Bonchev–Trinajstić information content (AvgIpc) is 1.82. The maximum atomic E-state index is 3.78. The first-order valence-electron chi connectivity index (χ1n) is 2.84. The summed E-state index contributed by atoms with van der Waals surface area (Å²) in [6, 6.07) is 0. The van der Waals surface area contributed by atoms with Gasteiger partial charge in [-0.1, -0.05) is 25.3 Å². The van der Waals surface area contributed by atoms with E-state index in [1.807, 2.05) is 31.1 Å². The van der Waals surface area contributed by atoms with E-state index in [1.165, 1.54) is 0 Å². The van der Waals surface area contributed by atoms with Crippen molar-refractivity contribution < 1.29 is 0 Å². The minimum atomic E-state index is 0.981. The summed E-state index contributed by atoms with van der Waals surface area (Å²) in [6.45, 7) is 7.33. The second kappa shape index (κ2) is 3.96. The molecule has 0 aromatic heterocycles. The van der Waals surface area contributed by atoms with Crippen LogP contribution in [0.4, 0.5) is 0 Å². The molecule has 0 saturated heterocycles. The molecular weight excluding hydrogens is 110 g/mol.